The lowest BCUT2D eigenvalue weighted by atomic mass is 10.1. The Balaban J connectivity index is 2.35. The van der Waals surface area contributed by atoms with Gasteiger partial charge >= 0.3 is 11.9 Å². The van der Waals surface area contributed by atoms with Crippen LogP contribution >= 0.6 is 0 Å². The first-order chi connectivity index (χ1) is 10.0. The van der Waals surface area contributed by atoms with Crippen molar-refractivity contribution in [2.75, 3.05) is 18.2 Å². The fourth-order valence-electron chi connectivity index (χ4n) is 1.83. The molecule has 0 saturated carbocycles. The van der Waals surface area contributed by atoms with Crippen molar-refractivity contribution in [3.05, 3.63) is 53.6 Å². The maximum atomic E-state index is 11.7. The molecule has 0 amide bonds. The molecule has 0 bridgehead atoms. The van der Waals surface area contributed by atoms with E-state index >= 15 is 0 Å². The molecule has 0 radical (unpaired) electrons. The number of nitrogens with two attached hydrogens (primary N) is 1. The summed E-state index contributed by atoms with van der Waals surface area (Å²) in [4.78, 5) is 22.5. The van der Waals surface area contributed by atoms with Gasteiger partial charge in [-0.3, -0.25) is 0 Å². The van der Waals surface area contributed by atoms with E-state index in [1.807, 2.05) is 0 Å². The Hall–Kier alpha value is -3.02. The zero-order chi connectivity index (χ0) is 15.4. The fourth-order valence-corrected chi connectivity index (χ4v) is 1.83. The molecule has 0 aromatic heterocycles. The van der Waals surface area contributed by atoms with Crippen molar-refractivity contribution >= 4 is 29.0 Å². The number of aromatic carboxylic acids is 1. The van der Waals surface area contributed by atoms with Crippen LogP contribution in [-0.4, -0.2) is 24.2 Å². The minimum Gasteiger partial charge on any atom is -0.478 e. The molecule has 0 saturated heterocycles. The third kappa shape index (κ3) is 3.11. The minimum absolute atomic E-state index is 0.0966. The summed E-state index contributed by atoms with van der Waals surface area (Å²) in [5.74, 6) is -1.53. The molecule has 0 aliphatic carbocycles. The number of esters is 1. The van der Waals surface area contributed by atoms with Crippen LogP contribution in [-0.2, 0) is 4.74 Å². The van der Waals surface area contributed by atoms with E-state index in [4.69, 9.17) is 15.6 Å². The first-order valence-corrected chi connectivity index (χ1v) is 6.10. The lowest BCUT2D eigenvalue weighted by Gasteiger charge is -2.12. The number of carboxylic acids is 1. The summed E-state index contributed by atoms with van der Waals surface area (Å²) in [6, 6.07) is 11.1. The number of methoxy groups -OCH3 is 1. The van der Waals surface area contributed by atoms with E-state index in [2.05, 4.69) is 5.32 Å². The number of ether oxygens (including phenoxy) is 1. The van der Waals surface area contributed by atoms with Crippen LogP contribution in [0.2, 0.25) is 0 Å². The highest BCUT2D eigenvalue weighted by Crippen LogP contribution is 2.26. The van der Waals surface area contributed by atoms with Crippen molar-refractivity contribution in [2.24, 2.45) is 0 Å². The number of carboxylic acid groups (broad SMARTS) is 1. The number of benzene rings is 2. The topological polar surface area (TPSA) is 102 Å². The fraction of sp³-hybridized carbons (Fsp3) is 0.0667. The summed E-state index contributed by atoms with van der Waals surface area (Å²) in [5, 5.41) is 11.9. The number of carbonyl (C=O) groups excluding carboxylic acids is 1. The molecule has 2 aromatic carbocycles. The molecule has 6 nitrogen and oxygen atoms in total. The van der Waals surface area contributed by atoms with E-state index in [9.17, 15) is 9.59 Å². The molecular weight excluding hydrogens is 272 g/mol. The van der Waals surface area contributed by atoms with Gasteiger partial charge in [0.2, 0.25) is 0 Å². The van der Waals surface area contributed by atoms with Gasteiger partial charge < -0.3 is 20.9 Å². The van der Waals surface area contributed by atoms with E-state index in [-0.39, 0.29) is 11.3 Å². The molecule has 0 atom stereocenters. The Bertz CT molecular complexity index is 698. The summed E-state index contributed by atoms with van der Waals surface area (Å²) < 4.78 is 4.71. The van der Waals surface area contributed by atoms with Crippen LogP contribution in [0.15, 0.2) is 42.5 Å². The largest absolute Gasteiger partial charge is 0.478 e. The second kappa shape index (κ2) is 5.96. The standard InChI is InChI=1S/C15H14N2O4/c1-21-15(20)10-4-2-3-5-12(10)17-13-7-6-9(14(18)19)8-11(13)16/h2-8,17H,16H2,1H3,(H,18,19). The van der Waals surface area contributed by atoms with Gasteiger partial charge in [0, 0.05) is 0 Å². The lowest BCUT2D eigenvalue weighted by Crippen LogP contribution is -2.07. The molecule has 6 heteroatoms. The predicted molar refractivity (Wildman–Crippen MR) is 78.9 cm³/mol. The summed E-state index contributed by atoms with van der Waals surface area (Å²) >= 11 is 0. The zero-order valence-corrected chi connectivity index (χ0v) is 11.3. The highest BCUT2D eigenvalue weighted by Gasteiger charge is 2.12. The summed E-state index contributed by atoms with van der Waals surface area (Å²) in [5.41, 5.74) is 7.59. The van der Waals surface area contributed by atoms with Crippen LogP contribution in [0, 0.1) is 0 Å². The molecule has 0 aliphatic rings. The number of rotatable bonds is 4. The number of para-hydroxylation sites is 1. The third-order valence-corrected chi connectivity index (χ3v) is 2.90. The number of anilines is 3. The Morgan fingerprint density at radius 3 is 2.48 bits per heavy atom. The van der Waals surface area contributed by atoms with Crippen molar-refractivity contribution < 1.29 is 19.4 Å². The quantitative estimate of drug-likeness (QED) is 0.589. The average Bonchev–Trinajstić information content (AvgIpc) is 2.49. The van der Waals surface area contributed by atoms with Crippen LogP contribution in [0.5, 0.6) is 0 Å². The zero-order valence-electron chi connectivity index (χ0n) is 11.3. The Morgan fingerprint density at radius 1 is 1.14 bits per heavy atom. The molecule has 4 N–H and O–H groups in total. The molecule has 2 aromatic rings. The highest BCUT2D eigenvalue weighted by molar-refractivity contribution is 5.97. The van der Waals surface area contributed by atoms with Gasteiger partial charge in [0.1, 0.15) is 0 Å². The summed E-state index contributed by atoms with van der Waals surface area (Å²) in [6.07, 6.45) is 0. The van der Waals surface area contributed by atoms with E-state index in [0.717, 1.165) is 0 Å². The lowest BCUT2D eigenvalue weighted by molar-refractivity contribution is 0.0601. The smallest absolute Gasteiger partial charge is 0.339 e. The third-order valence-electron chi connectivity index (χ3n) is 2.90. The molecule has 21 heavy (non-hydrogen) atoms. The second-order valence-corrected chi connectivity index (χ2v) is 4.27. The van der Waals surface area contributed by atoms with Gasteiger partial charge in [-0.1, -0.05) is 12.1 Å². The van der Waals surface area contributed by atoms with Crippen molar-refractivity contribution in [1.29, 1.82) is 0 Å². The van der Waals surface area contributed by atoms with Crippen molar-refractivity contribution in [1.82, 2.24) is 0 Å². The Morgan fingerprint density at radius 2 is 1.86 bits per heavy atom. The minimum atomic E-state index is -1.05. The van der Waals surface area contributed by atoms with Gasteiger partial charge in [0.05, 0.1) is 35.3 Å². The first kappa shape index (κ1) is 14.4. The average molecular weight is 286 g/mol. The van der Waals surface area contributed by atoms with Crippen LogP contribution in [0.1, 0.15) is 20.7 Å². The first-order valence-electron chi connectivity index (χ1n) is 6.10. The maximum absolute atomic E-state index is 11.7. The van der Waals surface area contributed by atoms with Crippen LogP contribution in [0.4, 0.5) is 17.1 Å². The van der Waals surface area contributed by atoms with Gasteiger partial charge in [-0.15, -0.1) is 0 Å². The van der Waals surface area contributed by atoms with Crippen LogP contribution in [0.25, 0.3) is 0 Å². The van der Waals surface area contributed by atoms with Crippen molar-refractivity contribution in [2.45, 2.75) is 0 Å². The highest BCUT2D eigenvalue weighted by atomic mass is 16.5. The number of hydrogen-bond acceptors (Lipinski definition) is 5. The SMILES string of the molecule is COC(=O)c1ccccc1Nc1ccc(C(=O)O)cc1N. The molecule has 0 fully saturated rings. The van der Waals surface area contributed by atoms with E-state index in [1.54, 1.807) is 30.3 Å². The van der Waals surface area contributed by atoms with Gasteiger partial charge in [0.15, 0.2) is 0 Å². The second-order valence-electron chi connectivity index (χ2n) is 4.27. The van der Waals surface area contributed by atoms with E-state index in [1.165, 1.54) is 19.2 Å². The van der Waals surface area contributed by atoms with Gasteiger partial charge in [-0.25, -0.2) is 9.59 Å². The molecule has 2 rings (SSSR count). The molecule has 0 aliphatic heterocycles. The molecule has 108 valence electrons. The van der Waals surface area contributed by atoms with Gasteiger partial charge in [-0.2, -0.15) is 0 Å². The molecule has 0 spiro atoms. The Kier molecular flexibility index (Phi) is 4.08. The van der Waals surface area contributed by atoms with E-state index in [0.29, 0.717) is 16.9 Å². The summed E-state index contributed by atoms with van der Waals surface area (Å²) in [6.45, 7) is 0. The number of hydrogen-bond donors (Lipinski definition) is 3. The Labute approximate surface area is 121 Å². The molecule has 0 unspecified atom stereocenters. The normalized spacial score (nSPS) is 9.95. The number of carbonyl (C=O) groups is 2. The molecule has 0 heterocycles. The molecular formula is C15H14N2O4. The van der Waals surface area contributed by atoms with Crippen molar-refractivity contribution in [3.63, 3.8) is 0 Å². The number of nitrogens with one attached hydrogen (secondary N) is 1. The van der Waals surface area contributed by atoms with Crippen LogP contribution < -0.4 is 11.1 Å². The maximum Gasteiger partial charge on any atom is 0.339 e. The number of nitrogen functional groups attached to an aromatic ring is 1. The van der Waals surface area contributed by atoms with Crippen LogP contribution in [0.3, 0.4) is 0 Å². The predicted octanol–water partition coefficient (Wildman–Crippen LogP) is 2.50. The van der Waals surface area contributed by atoms with Gasteiger partial charge in [0.25, 0.3) is 0 Å². The summed E-state index contributed by atoms with van der Waals surface area (Å²) in [7, 11) is 1.30. The van der Waals surface area contributed by atoms with Gasteiger partial charge in [-0.05, 0) is 30.3 Å². The monoisotopic (exact) mass is 286 g/mol. The van der Waals surface area contributed by atoms with E-state index < -0.39 is 11.9 Å². The van der Waals surface area contributed by atoms with Crippen molar-refractivity contribution in [3.8, 4) is 0 Å².